The van der Waals surface area contributed by atoms with Gasteiger partial charge in [0.1, 0.15) is 5.82 Å². The Labute approximate surface area is 155 Å². The molecule has 0 aliphatic rings. The predicted molar refractivity (Wildman–Crippen MR) is 100 cm³/mol. The van der Waals surface area contributed by atoms with E-state index in [1.54, 1.807) is 33.7 Å². The van der Waals surface area contributed by atoms with Crippen molar-refractivity contribution in [2.24, 2.45) is 12.2 Å². The third-order valence-corrected chi connectivity index (χ3v) is 5.02. The lowest BCUT2D eigenvalue weighted by Crippen LogP contribution is -2.12. The zero-order chi connectivity index (χ0) is 19.0. The van der Waals surface area contributed by atoms with Crippen LogP contribution in [-0.4, -0.2) is 32.8 Å². The smallest absolute Gasteiger partial charge is 0.238 e. The molecule has 3 heterocycles. The van der Waals surface area contributed by atoms with E-state index in [2.05, 4.69) is 20.5 Å². The van der Waals surface area contributed by atoms with Gasteiger partial charge >= 0.3 is 0 Å². The van der Waals surface area contributed by atoms with Gasteiger partial charge in [-0.2, -0.15) is 5.10 Å². The molecule has 27 heavy (non-hydrogen) atoms. The number of aryl methyl sites for hydroxylation is 1. The van der Waals surface area contributed by atoms with Gasteiger partial charge in [0, 0.05) is 25.4 Å². The molecule has 0 aliphatic heterocycles. The van der Waals surface area contributed by atoms with Gasteiger partial charge < -0.3 is 5.32 Å². The van der Waals surface area contributed by atoms with E-state index in [1.807, 2.05) is 25.4 Å². The second-order valence-corrected chi connectivity index (χ2v) is 7.64. The lowest BCUT2D eigenvalue weighted by Gasteiger charge is -2.07. The van der Waals surface area contributed by atoms with Crippen molar-refractivity contribution in [3.05, 3.63) is 60.6 Å². The Hall–Kier alpha value is -3.24. The van der Waals surface area contributed by atoms with E-state index >= 15 is 0 Å². The molecule has 0 amide bonds. The molecule has 138 valence electrons. The molecule has 0 radical (unpaired) electrons. The largest absolute Gasteiger partial charge is 0.365 e. The molecule has 0 aliphatic carbocycles. The average Bonchev–Trinajstić information content (AvgIpc) is 3.25. The van der Waals surface area contributed by atoms with Crippen LogP contribution in [0.5, 0.6) is 0 Å². The van der Waals surface area contributed by atoms with Gasteiger partial charge in [-0.1, -0.05) is 12.1 Å². The zero-order valence-corrected chi connectivity index (χ0v) is 15.3. The minimum absolute atomic E-state index is 0.0883. The van der Waals surface area contributed by atoms with Crippen molar-refractivity contribution in [3.8, 4) is 11.3 Å². The van der Waals surface area contributed by atoms with Gasteiger partial charge in [0.05, 0.1) is 23.0 Å². The van der Waals surface area contributed by atoms with Crippen molar-refractivity contribution in [1.82, 2.24) is 24.4 Å². The van der Waals surface area contributed by atoms with Crippen LogP contribution in [0.1, 0.15) is 5.56 Å². The fraction of sp³-hybridized carbons (Fsp3) is 0.118. The Morgan fingerprint density at radius 3 is 2.56 bits per heavy atom. The number of nitrogens with zero attached hydrogens (tertiary/aromatic N) is 5. The maximum absolute atomic E-state index is 11.3. The highest BCUT2D eigenvalue weighted by molar-refractivity contribution is 7.89. The molecule has 9 nitrogen and oxygen atoms in total. The number of sulfonamides is 1. The molecule has 0 saturated carbocycles. The van der Waals surface area contributed by atoms with Crippen molar-refractivity contribution in [2.45, 2.75) is 11.4 Å². The van der Waals surface area contributed by atoms with E-state index < -0.39 is 10.0 Å². The molecule has 4 aromatic rings. The molecule has 0 spiro atoms. The van der Waals surface area contributed by atoms with Gasteiger partial charge in [0.15, 0.2) is 5.65 Å². The SMILES string of the molecule is Cn1cc(-c2cnc3ccc(NCc4ccc(S(N)(=O)=O)cc4)nn23)cn1. The highest BCUT2D eigenvalue weighted by Crippen LogP contribution is 2.20. The molecule has 3 N–H and O–H groups in total. The second kappa shape index (κ2) is 6.49. The average molecular weight is 383 g/mol. The van der Waals surface area contributed by atoms with E-state index in [-0.39, 0.29) is 4.90 Å². The predicted octanol–water partition coefficient (Wildman–Crippen LogP) is 1.39. The minimum atomic E-state index is -3.68. The number of nitrogens with two attached hydrogens (primary N) is 1. The van der Waals surface area contributed by atoms with Crippen LogP contribution in [0.2, 0.25) is 0 Å². The summed E-state index contributed by atoms with van der Waals surface area (Å²) < 4.78 is 26.1. The highest BCUT2D eigenvalue weighted by atomic mass is 32.2. The van der Waals surface area contributed by atoms with Crippen LogP contribution >= 0.6 is 0 Å². The van der Waals surface area contributed by atoms with Crippen LogP contribution in [0.25, 0.3) is 16.9 Å². The first-order valence-corrected chi connectivity index (χ1v) is 9.64. The molecule has 1 aromatic carbocycles. The monoisotopic (exact) mass is 383 g/mol. The molecular formula is C17H17N7O2S. The number of primary sulfonamides is 1. The van der Waals surface area contributed by atoms with Crippen LogP contribution in [0.15, 0.2) is 59.9 Å². The van der Waals surface area contributed by atoms with E-state index in [4.69, 9.17) is 5.14 Å². The first-order valence-electron chi connectivity index (χ1n) is 8.09. The fourth-order valence-electron chi connectivity index (χ4n) is 2.71. The van der Waals surface area contributed by atoms with Crippen molar-refractivity contribution in [3.63, 3.8) is 0 Å². The maximum Gasteiger partial charge on any atom is 0.238 e. The summed E-state index contributed by atoms with van der Waals surface area (Å²) in [4.78, 5) is 4.45. The Kier molecular flexibility index (Phi) is 4.13. The summed E-state index contributed by atoms with van der Waals surface area (Å²) in [5.41, 5.74) is 3.41. The molecule has 4 rings (SSSR count). The molecule has 0 unspecified atom stereocenters. The molecule has 0 saturated heterocycles. The quantitative estimate of drug-likeness (QED) is 0.537. The van der Waals surface area contributed by atoms with Crippen LogP contribution in [0.4, 0.5) is 5.82 Å². The minimum Gasteiger partial charge on any atom is -0.365 e. The number of imidazole rings is 1. The van der Waals surface area contributed by atoms with Gasteiger partial charge in [-0.05, 0) is 29.8 Å². The van der Waals surface area contributed by atoms with Gasteiger partial charge in [0.25, 0.3) is 0 Å². The summed E-state index contributed by atoms with van der Waals surface area (Å²) in [6, 6.07) is 10.1. The lowest BCUT2D eigenvalue weighted by molar-refractivity contribution is 0.598. The molecule has 3 aromatic heterocycles. The topological polar surface area (TPSA) is 120 Å². The van der Waals surface area contributed by atoms with Crippen LogP contribution in [0, 0.1) is 0 Å². The van der Waals surface area contributed by atoms with Crippen molar-refractivity contribution >= 4 is 21.5 Å². The number of aromatic nitrogens is 5. The maximum atomic E-state index is 11.3. The second-order valence-electron chi connectivity index (χ2n) is 6.08. The number of hydrogen-bond acceptors (Lipinski definition) is 6. The fourth-order valence-corrected chi connectivity index (χ4v) is 3.22. The van der Waals surface area contributed by atoms with E-state index in [0.29, 0.717) is 12.4 Å². The van der Waals surface area contributed by atoms with Gasteiger partial charge in [-0.15, -0.1) is 5.10 Å². The lowest BCUT2D eigenvalue weighted by atomic mass is 10.2. The zero-order valence-electron chi connectivity index (χ0n) is 14.4. The van der Waals surface area contributed by atoms with Crippen LogP contribution in [0.3, 0.4) is 0 Å². The van der Waals surface area contributed by atoms with E-state index in [0.717, 1.165) is 22.5 Å². The van der Waals surface area contributed by atoms with Gasteiger partial charge in [-0.25, -0.2) is 23.1 Å². The van der Waals surface area contributed by atoms with Crippen molar-refractivity contribution < 1.29 is 8.42 Å². The number of rotatable bonds is 5. The number of anilines is 1. The summed E-state index contributed by atoms with van der Waals surface area (Å²) in [5.74, 6) is 0.668. The third kappa shape index (κ3) is 3.52. The number of benzene rings is 1. The summed E-state index contributed by atoms with van der Waals surface area (Å²) in [6.07, 6.45) is 5.42. The van der Waals surface area contributed by atoms with Crippen molar-refractivity contribution in [1.29, 1.82) is 0 Å². The first-order chi connectivity index (χ1) is 12.9. The molecule has 0 fully saturated rings. The molecular weight excluding hydrogens is 366 g/mol. The number of fused-ring (bicyclic) bond motifs is 1. The number of nitrogens with one attached hydrogen (secondary N) is 1. The summed E-state index contributed by atoms with van der Waals surface area (Å²) in [7, 11) is -1.83. The molecule has 0 bridgehead atoms. The third-order valence-electron chi connectivity index (χ3n) is 4.09. The first kappa shape index (κ1) is 17.2. The van der Waals surface area contributed by atoms with Crippen LogP contribution < -0.4 is 10.5 Å². The van der Waals surface area contributed by atoms with Gasteiger partial charge in [0.2, 0.25) is 10.0 Å². The highest BCUT2D eigenvalue weighted by Gasteiger charge is 2.10. The summed E-state index contributed by atoms with van der Waals surface area (Å²) in [6.45, 7) is 0.486. The Morgan fingerprint density at radius 2 is 1.89 bits per heavy atom. The standard InChI is InChI=1S/C17H17N7O2S/c1-23-11-13(9-21-23)15-10-20-17-7-6-16(22-24(15)17)19-8-12-2-4-14(5-3-12)27(18,25)26/h2-7,9-11H,8H2,1H3,(H,19,22)(H2,18,25,26). The normalized spacial score (nSPS) is 11.8. The number of hydrogen-bond donors (Lipinski definition) is 2. The Morgan fingerprint density at radius 1 is 1.11 bits per heavy atom. The van der Waals surface area contributed by atoms with Crippen molar-refractivity contribution in [2.75, 3.05) is 5.32 Å². The Balaban J connectivity index is 1.56. The summed E-state index contributed by atoms with van der Waals surface area (Å²) >= 11 is 0. The molecule has 10 heteroatoms. The van der Waals surface area contributed by atoms with Gasteiger partial charge in [-0.3, -0.25) is 4.68 Å². The van der Waals surface area contributed by atoms with E-state index in [9.17, 15) is 8.42 Å². The molecule has 0 atom stereocenters. The summed E-state index contributed by atoms with van der Waals surface area (Å²) in [5, 5.41) is 17.1. The van der Waals surface area contributed by atoms with Crippen LogP contribution in [-0.2, 0) is 23.6 Å². The Bertz CT molecular complexity index is 1210. The van der Waals surface area contributed by atoms with E-state index in [1.165, 1.54) is 12.1 Å².